The van der Waals surface area contributed by atoms with Gasteiger partial charge in [-0.2, -0.15) is 0 Å². The predicted molar refractivity (Wildman–Crippen MR) is 125 cm³/mol. The standard InChI is InChI=1S/C24H24FN5O4/c1-16-12-18(25)8-9-19(16)27-20(31)14-30-23(32)21-22(26-15-28(21)10-11-34-2)29(24(30)33)13-17-6-4-3-5-7-17/h3-9,12,15H,10-11,13-14H2,1-2H3,(H,27,31). The number of nitrogens with one attached hydrogen (secondary N) is 1. The van der Waals surface area contributed by atoms with E-state index in [4.69, 9.17) is 4.74 Å². The third kappa shape index (κ3) is 4.67. The van der Waals surface area contributed by atoms with Gasteiger partial charge in [0.2, 0.25) is 5.91 Å². The number of benzene rings is 2. The van der Waals surface area contributed by atoms with Gasteiger partial charge in [-0.3, -0.25) is 14.2 Å². The van der Waals surface area contributed by atoms with Crippen LogP contribution in [0.1, 0.15) is 11.1 Å². The van der Waals surface area contributed by atoms with Crippen molar-refractivity contribution >= 4 is 22.8 Å². The minimum Gasteiger partial charge on any atom is -0.383 e. The molecule has 2 heterocycles. The van der Waals surface area contributed by atoms with Crippen LogP contribution in [0.4, 0.5) is 10.1 Å². The van der Waals surface area contributed by atoms with E-state index in [1.807, 2.05) is 30.3 Å². The molecule has 0 radical (unpaired) electrons. The Morgan fingerprint density at radius 1 is 1.12 bits per heavy atom. The quantitative estimate of drug-likeness (QED) is 0.430. The van der Waals surface area contributed by atoms with Gasteiger partial charge in [0.25, 0.3) is 5.56 Å². The monoisotopic (exact) mass is 465 g/mol. The summed E-state index contributed by atoms with van der Waals surface area (Å²) in [6.45, 7) is 2.02. The van der Waals surface area contributed by atoms with Gasteiger partial charge in [0.1, 0.15) is 12.4 Å². The minimum atomic E-state index is -0.649. The smallest absolute Gasteiger partial charge is 0.333 e. The summed E-state index contributed by atoms with van der Waals surface area (Å²) in [6, 6.07) is 13.2. The highest BCUT2D eigenvalue weighted by Crippen LogP contribution is 2.16. The summed E-state index contributed by atoms with van der Waals surface area (Å²) in [5.74, 6) is -1.01. The summed E-state index contributed by atoms with van der Waals surface area (Å²) in [5, 5.41) is 2.64. The number of amides is 1. The molecule has 0 aliphatic carbocycles. The van der Waals surface area contributed by atoms with Crippen LogP contribution in [0.2, 0.25) is 0 Å². The molecule has 9 nitrogen and oxygen atoms in total. The minimum absolute atomic E-state index is 0.177. The maximum atomic E-state index is 13.4. The number of ether oxygens (including phenoxy) is 1. The molecule has 34 heavy (non-hydrogen) atoms. The average Bonchev–Trinajstić information content (AvgIpc) is 3.24. The molecule has 0 atom stereocenters. The lowest BCUT2D eigenvalue weighted by Gasteiger charge is -2.13. The Morgan fingerprint density at radius 3 is 2.59 bits per heavy atom. The Morgan fingerprint density at radius 2 is 1.88 bits per heavy atom. The molecule has 10 heteroatoms. The van der Waals surface area contributed by atoms with Crippen molar-refractivity contribution in [3.63, 3.8) is 0 Å². The van der Waals surface area contributed by atoms with Gasteiger partial charge in [0.05, 0.1) is 19.5 Å². The molecule has 2 aromatic carbocycles. The SMILES string of the molecule is COCCn1cnc2c1c(=O)n(CC(=O)Nc1ccc(F)cc1C)c(=O)n2Cc1ccccc1. The van der Waals surface area contributed by atoms with E-state index in [9.17, 15) is 18.8 Å². The molecule has 2 aromatic heterocycles. The van der Waals surface area contributed by atoms with Crippen LogP contribution in [-0.2, 0) is 29.2 Å². The number of methoxy groups -OCH3 is 1. The fraction of sp³-hybridized carbons (Fsp3) is 0.250. The molecule has 1 N–H and O–H groups in total. The second-order valence-corrected chi connectivity index (χ2v) is 7.86. The zero-order chi connectivity index (χ0) is 24.2. The lowest BCUT2D eigenvalue weighted by molar-refractivity contribution is -0.116. The number of nitrogens with zero attached hydrogens (tertiary/aromatic N) is 4. The Bertz CT molecular complexity index is 1460. The summed E-state index contributed by atoms with van der Waals surface area (Å²) in [6.07, 6.45) is 1.48. The molecular formula is C24H24FN5O4. The lowest BCUT2D eigenvalue weighted by atomic mass is 10.2. The molecule has 4 aromatic rings. The normalized spacial score (nSPS) is 11.1. The fourth-order valence-corrected chi connectivity index (χ4v) is 3.75. The Labute approximate surface area is 194 Å². The van der Waals surface area contributed by atoms with E-state index >= 15 is 0 Å². The maximum absolute atomic E-state index is 13.4. The molecule has 176 valence electrons. The largest absolute Gasteiger partial charge is 0.383 e. The van der Waals surface area contributed by atoms with E-state index in [1.165, 1.54) is 29.1 Å². The number of carbonyl (C=O) groups excluding carboxylic acids is 1. The van der Waals surface area contributed by atoms with Gasteiger partial charge in [-0.05, 0) is 36.2 Å². The number of imidazole rings is 1. The Hall–Kier alpha value is -4.05. The number of carbonyl (C=O) groups is 1. The Balaban J connectivity index is 1.77. The van der Waals surface area contributed by atoms with E-state index in [-0.39, 0.29) is 17.7 Å². The third-order valence-electron chi connectivity index (χ3n) is 5.47. The van der Waals surface area contributed by atoms with Crippen LogP contribution >= 0.6 is 0 Å². The van der Waals surface area contributed by atoms with Crippen LogP contribution in [-0.4, -0.2) is 38.3 Å². The Kier molecular flexibility index (Phi) is 6.69. The highest BCUT2D eigenvalue weighted by atomic mass is 19.1. The van der Waals surface area contributed by atoms with E-state index in [0.29, 0.717) is 24.4 Å². The van der Waals surface area contributed by atoms with Crippen LogP contribution in [0.5, 0.6) is 0 Å². The average molecular weight is 465 g/mol. The van der Waals surface area contributed by atoms with Gasteiger partial charge in [0, 0.05) is 19.3 Å². The van der Waals surface area contributed by atoms with E-state index in [1.54, 1.807) is 18.6 Å². The van der Waals surface area contributed by atoms with Gasteiger partial charge >= 0.3 is 5.69 Å². The van der Waals surface area contributed by atoms with Crippen molar-refractivity contribution in [2.24, 2.45) is 0 Å². The molecule has 0 unspecified atom stereocenters. The van der Waals surface area contributed by atoms with Crippen molar-refractivity contribution in [2.45, 2.75) is 26.6 Å². The summed E-state index contributed by atoms with van der Waals surface area (Å²) < 4.78 is 22.4. The first-order valence-electron chi connectivity index (χ1n) is 10.7. The van der Waals surface area contributed by atoms with Crippen molar-refractivity contribution in [3.05, 3.63) is 92.6 Å². The highest BCUT2D eigenvalue weighted by molar-refractivity contribution is 5.91. The van der Waals surface area contributed by atoms with Crippen molar-refractivity contribution in [1.82, 2.24) is 18.7 Å². The van der Waals surface area contributed by atoms with Crippen LogP contribution in [0.25, 0.3) is 11.2 Å². The van der Waals surface area contributed by atoms with Crippen LogP contribution < -0.4 is 16.6 Å². The maximum Gasteiger partial charge on any atom is 0.333 e. The number of fused-ring (bicyclic) bond motifs is 1. The van der Waals surface area contributed by atoms with Crippen molar-refractivity contribution < 1.29 is 13.9 Å². The molecular weight excluding hydrogens is 441 g/mol. The zero-order valence-electron chi connectivity index (χ0n) is 18.8. The molecule has 0 spiro atoms. The van der Waals surface area contributed by atoms with Crippen LogP contribution in [0.15, 0.2) is 64.4 Å². The summed E-state index contributed by atoms with van der Waals surface area (Å²) in [7, 11) is 1.55. The number of aryl methyl sites for hydroxylation is 1. The van der Waals surface area contributed by atoms with Gasteiger partial charge in [-0.25, -0.2) is 18.7 Å². The van der Waals surface area contributed by atoms with Crippen LogP contribution in [0, 0.1) is 12.7 Å². The van der Waals surface area contributed by atoms with Crippen LogP contribution in [0.3, 0.4) is 0 Å². The van der Waals surface area contributed by atoms with Gasteiger partial charge in [-0.1, -0.05) is 30.3 Å². The second kappa shape index (κ2) is 9.84. The third-order valence-corrected chi connectivity index (χ3v) is 5.47. The topological polar surface area (TPSA) is 100 Å². The number of aromatic nitrogens is 4. The van der Waals surface area contributed by atoms with Gasteiger partial charge in [0.15, 0.2) is 11.2 Å². The first-order chi connectivity index (χ1) is 16.4. The van der Waals surface area contributed by atoms with Crippen molar-refractivity contribution in [1.29, 1.82) is 0 Å². The summed E-state index contributed by atoms with van der Waals surface area (Å²) in [4.78, 5) is 43.8. The first kappa shape index (κ1) is 23.1. The van der Waals surface area contributed by atoms with Crippen molar-refractivity contribution in [3.8, 4) is 0 Å². The van der Waals surface area contributed by atoms with Crippen molar-refractivity contribution in [2.75, 3.05) is 19.0 Å². The fourth-order valence-electron chi connectivity index (χ4n) is 3.75. The summed E-state index contributed by atoms with van der Waals surface area (Å²) >= 11 is 0. The first-order valence-corrected chi connectivity index (χ1v) is 10.7. The molecule has 0 bridgehead atoms. The molecule has 4 rings (SSSR count). The van der Waals surface area contributed by atoms with Gasteiger partial charge < -0.3 is 14.6 Å². The predicted octanol–water partition coefficient (Wildman–Crippen LogP) is 2.14. The van der Waals surface area contributed by atoms with E-state index in [0.717, 1.165) is 10.1 Å². The van der Waals surface area contributed by atoms with E-state index in [2.05, 4.69) is 10.3 Å². The lowest BCUT2D eigenvalue weighted by Crippen LogP contribution is -2.43. The molecule has 0 saturated heterocycles. The number of hydrogen-bond donors (Lipinski definition) is 1. The molecule has 0 aliphatic heterocycles. The molecule has 0 aliphatic rings. The second-order valence-electron chi connectivity index (χ2n) is 7.86. The number of rotatable bonds is 8. The summed E-state index contributed by atoms with van der Waals surface area (Å²) in [5.41, 5.74) is 0.937. The highest BCUT2D eigenvalue weighted by Gasteiger charge is 2.20. The van der Waals surface area contributed by atoms with Gasteiger partial charge in [-0.15, -0.1) is 0 Å². The van der Waals surface area contributed by atoms with E-state index < -0.39 is 29.5 Å². The number of halogens is 1. The zero-order valence-corrected chi connectivity index (χ0v) is 18.8. The molecule has 0 saturated carbocycles. The number of anilines is 1. The molecule has 0 fully saturated rings. The molecule has 1 amide bonds. The number of hydrogen-bond acceptors (Lipinski definition) is 5.